The maximum Gasteiger partial charge on any atom is 0.0715 e. The van der Waals surface area contributed by atoms with Crippen molar-refractivity contribution in [2.24, 2.45) is 0 Å². The van der Waals surface area contributed by atoms with E-state index in [9.17, 15) is 5.11 Å². The summed E-state index contributed by atoms with van der Waals surface area (Å²) in [6.45, 7) is 6.32. The third-order valence-corrected chi connectivity index (χ3v) is 3.20. The van der Waals surface area contributed by atoms with Gasteiger partial charge in [-0.25, -0.2) is 0 Å². The Labute approximate surface area is 102 Å². The van der Waals surface area contributed by atoms with E-state index in [1.165, 1.54) is 10.5 Å². The maximum absolute atomic E-state index is 9.63. The number of benzene rings is 1. The zero-order valence-corrected chi connectivity index (χ0v) is 11.3. The zero-order chi connectivity index (χ0) is 12.2. The van der Waals surface area contributed by atoms with Crippen LogP contribution in [0.4, 0.5) is 0 Å². The fraction of sp³-hybridized carbons (Fsp3) is 0.538. The summed E-state index contributed by atoms with van der Waals surface area (Å²) in [5.74, 6) is 0. The van der Waals surface area contributed by atoms with Crippen LogP contribution in [-0.2, 0) is 0 Å². The third kappa shape index (κ3) is 4.56. The van der Waals surface area contributed by atoms with Crippen LogP contribution in [0.5, 0.6) is 0 Å². The number of nitrogens with one attached hydrogen (secondary N) is 1. The highest BCUT2D eigenvalue weighted by Crippen LogP contribution is 2.19. The normalized spacial score (nSPS) is 13.8. The Bertz CT molecular complexity index is 316. The molecule has 1 rings (SSSR count). The van der Waals surface area contributed by atoms with Crippen LogP contribution in [0.15, 0.2) is 29.2 Å². The van der Waals surface area contributed by atoms with E-state index in [1.54, 1.807) is 11.8 Å². The first-order valence-electron chi connectivity index (χ1n) is 5.52. The van der Waals surface area contributed by atoms with Gasteiger partial charge in [-0.2, -0.15) is 0 Å². The van der Waals surface area contributed by atoms with E-state index in [0.29, 0.717) is 6.54 Å². The van der Waals surface area contributed by atoms with Gasteiger partial charge in [0.1, 0.15) is 0 Å². The van der Waals surface area contributed by atoms with Gasteiger partial charge >= 0.3 is 0 Å². The number of rotatable bonds is 5. The van der Waals surface area contributed by atoms with Gasteiger partial charge in [0.25, 0.3) is 0 Å². The summed E-state index contributed by atoms with van der Waals surface area (Å²) < 4.78 is 0. The van der Waals surface area contributed by atoms with E-state index in [1.807, 2.05) is 13.8 Å². The van der Waals surface area contributed by atoms with Crippen molar-refractivity contribution in [3.05, 3.63) is 29.8 Å². The van der Waals surface area contributed by atoms with Crippen molar-refractivity contribution in [1.82, 2.24) is 5.32 Å². The average Bonchev–Trinajstić information content (AvgIpc) is 2.25. The molecule has 0 fully saturated rings. The molecule has 90 valence electrons. The van der Waals surface area contributed by atoms with Crippen LogP contribution in [0, 0.1) is 0 Å². The molecule has 1 atom stereocenters. The first-order valence-corrected chi connectivity index (χ1v) is 6.74. The molecule has 0 aliphatic rings. The minimum Gasteiger partial charge on any atom is -0.389 e. The van der Waals surface area contributed by atoms with Crippen LogP contribution in [-0.4, -0.2) is 23.5 Å². The molecule has 16 heavy (non-hydrogen) atoms. The molecule has 0 radical (unpaired) electrons. The van der Waals surface area contributed by atoms with Crippen molar-refractivity contribution < 1.29 is 5.11 Å². The molecule has 0 aliphatic heterocycles. The van der Waals surface area contributed by atoms with E-state index >= 15 is 0 Å². The van der Waals surface area contributed by atoms with E-state index in [2.05, 4.69) is 42.8 Å². The molecule has 1 aromatic rings. The standard InChI is InChI=1S/C13H21NOS/c1-10(14-9-13(2,3)15)11-5-7-12(16-4)8-6-11/h5-8,10,14-15H,9H2,1-4H3. The van der Waals surface area contributed by atoms with E-state index < -0.39 is 5.60 Å². The van der Waals surface area contributed by atoms with Gasteiger partial charge in [-0.15, -0.1) is 11.8 Å². The van der Waals surface area contributed by atoms with Gasteiger partial charge in [0.15, 0.2) is 0 Å². The Balaban J connectivity index is 2.56. The fourth-order valence-electron chi connectivity index (χ4n) is 1.41. The van der Waals surface area contributed by atoms with E-state index in [-0.39, 0.29) is 6.04 Å². The number of hydrogen-bond acceptors (Lipinski definition) is 3. The Morgan fingerprint density at radius 1 is 1.31 bits per heavy atom. The summed E-state index contributed by atoms with van der Waals surface area (Å²) in [5.41, 5.74) is 0.593. The van der Waals surface area contributed by atoms with Crippen molar-refractivity contribution in [3.63, 3.8) is 0 Å². The Morgan fingerprint density at radius 3 is 2.31 bits per heavy atom. The molecule has 0 spiro atoms. The number of aliphatic hydroxyl groups is 1. The van der Waals surface area contributed by atoms with Crippen molar-refractivity contribution in [2.45, 2.75) is 37.3 Å². The molecule has 0 heterocycles. The van der Waals surface area contributed by atoms with Gasteiger partial charge in [0.05, 0.1) is 5.60 Å². The van der Waals surface area contributed by atoms with Crippen LogP contribution >= 0.6 is 11.8 Å². The van der Waals surface area contributed by atoms with Crippen LogP contribution in [0.1, 0.15) is 32.4 Å². The Morgan fingerprint density at radius 2 is 1.88 bits per heavy atom. The molecule has 0 saturated heterocycles. The lowest BCUT2D eigenvalue weighted by molar-refractivity contribution is 0.0770. The maximum atomic E-state index is 9.63. The second-order valence-corrected chi connectivity index (χ2v) is 5.57. The van der Waals surface area contributed by atoms with Gasteiger partial charge in [-0.3, -0.25) is 0 Å². The lowest BCUT2D eigenvalue weighted by Crippen LogP contribution is -2.36. The smallest absolute Gasteiger partial charge is 0.0715 e. The largest absolute Gasteiger partial charge is 0.389 e. The molecule has 0 amide bonds. The van der Waals surface area contributed by atoms with Crippen LogP contribution in [0.25, 0.3) is 0 Å². The number of hydrogen-bond donors (Lipinski definition) is 2. The molecule has 2 nitrogen and oxygen atoms in total. The minimum absolute atomic E-state index is 0.266. The molecule has 2 N–H and O–H groups in total. The second kappa shape index (κ2) is 5.71. The van der Waals surface area contributed by atoms with E-state index in [0.717, 1.165) is 0 Å². The van der Waals surface area contributed by atoms with Crippen molar-refractivity contribution in [1.29, 1.82) is 0 Å². The van der Waals surface area contributed by atoms with E-state index in [4.69, 9.17) is 0 Å². The summed E-state index contributed by atoms with van der Waals surface area (Å²) in [4.78, 5) is 1.28. The summed E-state index contributed by atoms with van der Waals surface area (Å²) in [6, 6.07) is 8.79. The molecule has 3 heteroatoms. The van der Waals surface area contributed by atoms with Crippen molar-refractivity contribution >= 4 is 11.8 Å². The summed E-state index contributed by atoms with van der Waals surface area (Å²) in [6.07, 6.45) is 2.07. The first-order chi connectivity index (χ1) is 7.42. The summed E-state index contributed by atoms with van der Waals surface area (Å²) >= 11 is 1.75. The molecule has 0 aliphatic carbocycles. The van der Waals surface area contributed by atoms with Gasteiger partial charge in [0.2, 0.25) is 0 Å². The van der Waals surface area contributed by atoms with Gasteiger partial charge in [-0.05, 0) is 44.7 Å². The van der Waals surface area contributed by atoms with Gasteiger partial charge in [-0.1, -0.05) is 12.1 Å². The minimum atomic E-state index is -0.659. The predicted molar refractivity (Wildman–Crippen MR) is 70.9 cm³/mol. The lowest BCUT2D eigenvalue weighted by atomic mass is 10.1. The Hall–Kier alpha value is -0.510. The third-order valence-electron chi connectivity index (χ3n) is 2.46. The highest BCUT2D eigenvalue weighted by atomic mass is 32.2. The van der Waals surface area contributed by atoms with Crippen molar-refractivity contribution in [3.8, 4) is 0 Å². The van der Waals surface area contributed by atoms with Crippen LogP contribution in [0.3, 0.4) is 0 Å². The second-order valence-electron chi connectivity index (χ2n) is 4.69. The molecular weight excluding hydrogens is 218 g/mol. The zero-order valence-electron chi connectivity index (χ0n) is 10.4. The fourth-order valence-corrected chi connectivity index (χ4v) is 1.82. The van der Waals surface area contributed by atoms with Crippen LogP contribution < -0.4 is 5.32 Å². The highest BCUT2D eigenvalue weighted by Gasteiger charge is 2.14. The van der Waals surface area contributed by atoms with Gasteiger partial charge in [0, 0.05) is 17.5 Å². The lowest BCUT2D eigenvalue weighted by Gasteiger charge is -2.22. The topological polar surface area (TPSA) is 32.3 Å². The molecule has 1 unspecified atom stereocenters. The van der Waals surface area contributed by atoms with Crippen molar-refractivity contribution in [2.75, 3.05) is 12.8 Å². The van der Waals surface area contributed by atoms with Gasteiger partial charge < -0.3 is 10.4 Å². The molecule has 0 bridgehead atoms. The molecule has 0 aromatic heterocycles. The summed E-state index contributed by atoms with van der Waals surface area (Å²) in [5, 5.41) is 12.9. The SMILES string of the molecule is CSc1ccc(C(C)NCC(C)(C)O)cc1. The molecule has 1 aromatic carbocycles. The highest BCUT2D eigenvalue weighted by molar-refractivity contribution is 7.98. The molecule has 0 saturated carbocycles. The predicted octanol–water partition coefficient (Wildman–Crippen LogP) is 2.83. The monoisotopic (exact) mass is 239 g/mol. The first kappa shape index (κ1) is 13.6. The molecular formula is C13H21NOS. The quantitative estimate of drug-likeness (QED) is 0.775. The van der Waals surface area contributed by atoms with Crippen LogP contribution in [0.2, 0.25) is 0 Å². The summed E-state index contributed by atoms with van der Waals surface area (Å²) in [7, 11) is 0. The Kier molecular flexibility index (Phi) is 4.84. The number of thioether (sulfide) groups is 1. The average molecular weight is 239 g/mol.